The van der Waals surface area contributed by atoms with Crippen LogP contribution in [-0.4, -0.2) is 10.0 Å². The van der Waals surface area contributed by atoms with Gasteiger partial charge in [-0.1, -0.05) is 17.7 Å². The van der Waals surface area contributed by atoms with Crippen molar-refractivity contribution in [3.05, 3.63) is 68.7 Å². The summed E-state index contributed by atoms with van der Waals surface area (Å²) >= 11 is 11.1. The monoisotopic (exact) mass is 371 g/mol. The van der Waals surface area contributed by atoms with Gasteiger partial charge >= 0.3 is 0 Å². The number of nitro groups is 1. The molecular formula is C15H12ClF2N3O2S. The number of non-ortho nitro benzene ring substituents is 1. The van der Waals surface area contributed by atoms with Gasteiger partial charge in [0.15, 0.2) is 5.11 Å². The molecule has 0 spiro atoms. The Kier molecular flexibility index (Phi) is 5.63. The van der Waals surface area contributed by atoms with Crippen molar-refractivity contribution >= 4 is 40.3 Å². The van der Waals surface area contributed by atoms with E-state index in [0.29, 0.717) is 0 Å². The first kappa shape index (κ1) is 18.0. The van der Waals surface area contributed by atoms with E-state index in [9.17, 15) is 18.9 Å². The fourth-order valence-electron chi connectivity index (χ4n) is 2.01. The zero-order valence-corrected chi connectivity index (χ0v) is 13.9. The Labute approximate surface area is 146 Å². The molecule has 0 radical (unpaired) electrons. The van der Waals surface area contributed by atoms with E-state index in [1.54, 1.807) is 6.92 Å². The molecule has 0 amide bonds. The number of hydrogen-bond donors (Lipinski definition) is 2. The molecule has 0 aliphatic carbocycles. The van der Waals surface area contributed by atoms with Crippen LogP contribution in [0.1, 0.15) is 18.5 Å². The Morgan fingerprint density at radius 1 is 1.29 bits per heavy atom. The molecule has 0 saturated heterocycles. The smallest absolute Gasteiger partial charge is 0.271 e. The minimum Gasteiger partial charge on any atom is -0.356 e. The van der Waals surface area contributed by atoms with E-state index in [2.05, 4.69) is 10.6 Å². The Bertz CT molecular complexity index is 804. The molecule has 9 heteroatoms. The van der Waals surface area contributed by atoms with Gasteiger partial charge in [0.2, 0.25) is 0 Å². The Balaban J connectivity index is 2.10. The summed E-state index contributed by atoms with van der Waals surface area (Å²) in [5.74, 6) is -1.38. The van der Waals surface area contributed by atoms with E-state index in [0.717, 1.165) is 12.1 Å². The molecule has 0 heterocycles. The van der Waals surface area contributed by atoms with Crippen LogP contribution in [0.25, 0.3) is 0 Å². The molecule has 0 bridgehead atoms. The Morgan fingerprint density at radius 3 is 2.62 bits per heavy atom. The van der Waals surface area contributed by atoms with Gasteiger partial charge in [0.1, 0.15) is 11.6 Å². The molecule has 2 N–H and O–H groups in total. The zero-order valence-electron chi connectivity index (χ0n) is 12.3. The van der Waals surface area contributed by atoms with Gasteiger partial charge in [0, 0.05) is 23.8 Å². The average Bonchev–Trinajstić information content (AvgIpc) is 2.48. The van der Waals surface area contributed by atoms with Crippen molar-refractivity contribution in [2.75, 3.05) is 5.32 Å². The number of nitrogens with zero attached hydrogens (tertiary/aromatic N) is 1. The van der Waals surface area contributed by atoms with E-state index in [4.69, 9.17) is 23.8 Å². The molecule has 5 nitrogen and oxygen atoms in total. The van der Waals surface area contributed by atoms with Crippen LogP contribution in [-0.2, 0) is 0 Å². The van der Waals surface area contributed by atoms with Crippen LogP contribution in [0.4, 0.5) is 20.2 Å². The third-order valence-corrected chi connectivity index (χ3v) is 3.74. The molecule has 24 heavy (non-hydrogen) atoms. The van der Waals surface area contributed by atoms with Crippen molar-refractivity contribution < 1.29 is 13.7 Å². The number of anilines is 1. The van der Waals surface area contributed by atoms with Gasteiger partial charge in [0.05, 0.1) is 21.7 Å². The predicted octanol–water partition coefficient (Wildman–Crippen LogP) is 4.57. The maximum Gasteiger partial charge on any atom is 0.271 e. The molecule has 2 rings (SSSR count). The highest BCUT2D eigenvalue weighted by Gasteiger charge is 2.15. The van der Waals surface area contributed by atoms with Crippen molar-refractivity contribution in [1.82, 2.24) is 5.32 Å². The maximum atomic E-state index is 13.7. The largest absolute Gasteiger partial charge is 0.356 e. The highest BCUT2D eigenvalue weighted by Crippen LogP contribution is 2.27. The summed E-state index contributed by atoms with van der Waals surface area (Å²) in [6.45, 7) is 1.64. The van der Waals surface area contributed by atoms with E-state index in [1.165, 1.54) is 24.3 Å². The Hall–Kier alpha value is -2.32. The van der Waals surface area contributed by atoms with Crippen LogP contribution in [0.15, 0.2) is 36.4 Å². The summed E-state index contributed by atoms with van der Waals surface area (Å²) < 4.78 is 26.7. The van der Waals surface area contributed by atoms with Gasteiger partial charge in [-0.3, -0.25) is 10.1 Å². The first-order valence-electron chi connectivity index (χ1n) is 6.74. The number of thiocarbonyl (C=S) groups is 1. The summed E-state index contributed by atoms with van der Waals surface area (Å²) in [5.41, 5.74) is 0.322. The summed E-state index contributed by atoms with van der Waals surface area (Å²) in [5, 5.41) is 16.7. The third-order valence-electron chi connectivity index (χ3n) is 3.19. The number of nitro benzene ring substituents is 1. The first-order valence-corrected chi connectivity index (χ1v) is 7.53. The van der Waals surface area contributed by atoms with Crippen molar-refractivity contribution in [2.45, 2.75) is 13.0 Å². The van der Waals surface area contributed by atoms with Crippen LogP contribution >= 0.6 is 23.8 Å². The number of rotatable bonds is 4. The SMILES string of the molecule is C[C@H](NC(=S)Nc1cc([N+](=O)[O-])ccc1Cl)c1ccc(F)cc1F. The summed E-state index contributed by atoms with van der Waals surface area (Å²) in [7, 11) is 0. The van der Waals surface area contributed by atoms with Gasteiger partial charge in [-0.2, -0.15) is 0 Å². The second-order valence-corrected chi connectivity index (χ2v) is 5.72. The first-order chi connectivity index (χ1) is 11.3. The van der Waals surface area contributed by atoms with E-state index in [-0.39, 0.29) is 27.1 Å². The van der Waals surface area contributed by atoms with Crippen molar-refractivity contribution in [2.24, 2.45) is 0 Å². The second-order valence-electron chi connectivity index (χ2n) is 4.91. The molecule has 126 valence electrons. The summed E-state index contributed by atoms with van der Waals surface area (Å²) in [4.78, 5) is 10.2. The number of nitrogens with one attached hydrogen (secondary N) is 2. The van der Waals surface area contributed by atoms with E-state index >= 15 is 0 Å². The quantitative estimate of drug-likeness (QED) is 0.468. The van der Waals surface area contributed by atoms with Gasteiger partial charge in [-0.25, -0.2) is 8.78 Å². The summed E-state index contributed by atoms with van der Waals surface area (Å²) in [6.07, 6.45) is 0. The van der Waals surface area contributed by atoms with Crippen LogP contribution in [0.2, 0.25) is 5.02 Å². The standard InChI is InChI=1S/C15H12ClF2N3O2S/c1-8(11-4-2-9(17)6-13(11)18)19-15(24)20-14-7-10(21(22)23)3-5-12(14)16/h2-8H,1H3,(H2,19,20,24)/t8-/m0/s1. The fourth-order valence-corrected chi connectivity index (χ4v) is 2.46. The fraction of sp³-hybridized carbons (Fsp3) is 0.133. The van der Waals surface area contributed by atoms with Crippen LogP contribution in [0, 0.1) is 21.7 Å². The molecular weight excluding hydrogens is 360 g/mol. The number of halogens is 3. The molecule has 0 unspecified atom stereocenters. The molecule has 1 atom stereocenters. The zero-order chi connectivity index (χ0) is 17.9. The molecule has 2 aromatic carbocycles. The minimum absolute atomic E-state index is 0.0913. The lowest BCUT2D eigenvalue weighted by Crippen LogP contribution is -2.31. The lowest BCUT2D eigenvalue weighted by molar-refractivity contribution is -0.384. The highest BCUT2D eigenvalue weighted by atomic mass is 35.5. The third kappa shape index (κ3) is 4.36. The molecule has 0 aromatic heterocycles. The van der Waals surface area contributed by atoms with E-state index in [1.807, 2.05) is 0 Å². The van der Waals surface area contributed by atoms with Gasteiger partial charge in [0.25, 0.3) is 5.69 Å². The van der Waals surface area contributed by atoms with Crippen molar-refractivity contribution in [1.29, 1.82) is 0 Å². The van der Waals surface area contributed by atoms with Crippen molar-refractivity contribution in [3.8, 4) is 0 Å². The van der Waals surface area contributed by atoms with Gasteiger partial charge in [-0.05, 0) is 31.3 Å². The molecule has 2 aromatic rings. The van der Waals surface area contributed by atoms with Crippen molar-refractivity contribution in [3.63, 3.8) is 0 Å². The lowest BCUT2D eigenvalue weighted by Gasteiger charge is -2.18. The van der Waals surface area contributed by atoms with Gasteiger partial charge in [-0.15, -0.1) is 0 Å². The number of hydrogen-bond acceptors (Lipinski definition) is 3. The average molecular weight is 372 g/mol. The molecule has 0 aliphatic rings. The summed E-state index contributed by atoms with van der Waals surface area (Å²) in [6, 6.07) is 6.55. The molecule has 0 aliphatic heterocycles. The minimum atomic E-state index is -0.703. The molecule has 0 fully saturated rings. The lowest BCUT2D eigenvalue weighted by atomic mass is 10.1. The topological polar surface area (TPSA) is 67.2 Å². The second kappa shape index (κ2) is 7.50. The normalized spacial score (nSPS) is 11.7. The van der Waals surface area contributed by atoms with Crippen LogP contribution < -0.4 is 10.6 Å². The van der Waals surface area contributed by atoms with E-state index < -0.39 is 22.6 Å². The predicted molar refractivity (Wildman–Crippen MR) is 92.2 cm³/mol. The Morgan fingerprint density at radius 2 is 2.00 bits per heavy atom. The highest BCUT2D eigenvalue weighted by molar-refractivity contribution is 7.80. The van der Waals surface area contributed by atoms with Crippen LogP contribution in [0.3, 0.4) is 0 Å². The van der Waals surface area contributed by atoms with Crippen LogP contribution in [0.5, 0.6) is 0 Å². The maximum absolute atomic E-state index is 13.7. The molecule has 0 saturated carbocycles. The van der Waals surface area contributed by atoms with Gasteiger partial charge < -0.3 is 10.6 Å². The number of benzene rings is 2.